The molecule has 4 amide bonds. The van der Waals surface area contributed by atoms with Crippen LogP contribution in [0.3, 0.4) is 0 Å². The van der Waals surface area contributed by atoms with Crippen molar-refractivity contribution in [1.29, 1.82) is 0 Å². The van der Waals surface area contributed by atoms with E-state index in [2.05, 4.69) is 21.3 Å². The van der Waals surface area contributed by atoms with E-state index in [9.17, 15) is 27.2 Å². The van der Waals surface area contributed by atoms with Crippen molar-refractivity contribution in [2.45, 2.75) is 12.8 Å². The average Bonchev–Trinajstić information content (AvgIpc) is 3.13. The maximum absolute atomic E-state index is 13.2. The summed E-state index contributed by atoms with van der Waals surface area (Å²) in [4.78, 5) is 24.8. The summed E-state index contributed by atoms with van der Waals surface area (Å²) in [5.41, 5.74) is 3.45. The minimum absolute atomic E-state index is 0.214. The Morgan fingerprint density at radius 2 is 1.13 bits per heavy atom. The lowest BCUT2D eigenvalue weighted by Gasteiger charge is -2.14. The smallest absolute Gasteiger partial charge is 0.416 e. The van der Waals surface area contributed by atoms with E-state index in [0.717, 1.165) is 28.8 Å². The average molecular weight is 707 g/mol. The van der Waals surface area contributed by atoms with Gasteiger partial charge >= 0.3 is 18.2 Å². The minimum atomic E-state index is -4.46. The predicted molar refractivity (Wildman–Crippen MR) is 192 cm³/mol. The second-order valence-corrected chi connectivity index (χ2v) is 11.4. The van der Waals surface area contributed by atoms with E-state index < -0.39 is 29.6 Å². The van der Waals surface area contributed by atoms with Crippen LogP contribution in [0.1, 0.15) is 11.1 Å². The third kappa shape index (κ3) is 9.66. The van der Waals surface area contributed by atoms with Crippen molar-refractivity contribution >= 4 is 34.8 Å². The van der Waals surface area contributed by atoms with Crippen LogP contribution in [-0.4, -0.2) is 12.1 Å². The number of amides is 4. The lowest BCUT2D eigenvalue weighted by molar-refractivity contribution is -0.137. The first-order valence-electron chi connectivity index (χ1n) is 15.9. The standard InChI is InChI=1S/C40H30F4N4O4/c41-29-13-17-31(18-14-29)46-39(50)48-33-7-4-8-35(24-33)51-25-26-5-3-6-27(23-26)36-9-1-2-10-37(36)52-34-21-19-32(20-22-34)47-38(49)45-30-15-11-28(12-16-30)40(42,43)44/h1-24H,25H2,(H2,45,47,49)(H2,46,48,50). The Hall–Kier alpha value is -6.82. The number of para-hydroxylation sites is 1. The molecule has 0 saturated heterocycles. The zero-order valence-corrected chi connectivity index (χ0v) is 27.2. The second-order valence-electron chi connectivity index (χ2n) is 11.4. The molecule has 0 spiro atoms. The summed E-state index contributed by atoms with van der Waals surface area (Å²) in [7, 11) is 0. The monoisotopic (exact) mass is 706 g/mol. The summed E-state index contributed by atoms with van der Waals surface area (Å²) in [6.45, 7) is 0.253. The number of urea groups is 2. The van der Waals surface area contributed by atoms with Gasteiger partial charge in [-0.3, -0.25) is 0 Å². The molecule has 0 atom stereocenters. The summed E-state index contributed by atoms with van der Waals surface area (Å²) in [6, 6.07) is 37.5. The zero-order chi connectivity index (χ0) is 36.5. The van der Waals surface area contributed by atoms with Crippen LogP contribution in [0.5, 0.6) is 17.2 Å². The Labute approximate surface area is 296 Å². The number of alkyl halides is 3. The molecular weight excluding hydrogens is 676 g/mol. The normalized spacial score (nSPS) is 10.9. The molecule has 6 aromatic rings. The van der Waals surface area contributed by atoms with Gasteiger partial charge in [-0.1, -0.05) is 42.5 Å². The first-order chi connectivity index (χ1) is 25.1. The van der Waals surface area contributed by atoms with Crippen molar-refractivity contribution in [3.8, 4) is 28.4 Å². The largest absolute Gasteiger partial charge is 0.489 e. The Kier molecular flexibility index (Phi) is 10.6. The quantitative estimate of drug-likeness (QED) is 0.107. The van der Waals surface area contributed by atoms with Crippen LogP contribution in [0, 0.1) is 5.82 Å². The summed E-state index contributed by atoms with van der Waals surface area (Å²) in [6.07, 6.45) is -4.46. The highest BCUT2D eigenvalue weighted by molar-refractivity contribution is 6.00. The molecule has 0 aromatic heterocycles. The van der Waals surface area contributed by atoms with Gasteiger partial charge in [0.1, 0.15) is 29.7 Å². The topological polar surface area (TPSA) is 101 Å². The highest BCUT2D eigenvalue weighted by Gasteiger charge is 2.30. The van der Waals surface area contributed by atoms with E-state index >= 15 is 0 Å². The number of carbonyl (C=O) groups is 2. The third-order valence-corrected chi connectivity index (χ3v) is 7.53. The fourth-order valence-electron chi connectivity index (χ4n) is 5.05. The van der Waals surface area contributed by atoms with Crippen LogP contribution in [-0.2, 0) is 12.8 Å². The number of ether oxygens (including phenoxy) is 2. The number of carbonyl (C=O) groups excluding carboxylic acids is 2. The zero-order valence-electron chi connectivity index (χ0n) is 27.2. The Bertz CT molecular complexity index is 2160. The highest BCUT2D eigenvalue weighted by atomic mass is 19.4. The van der Waals surface area contributed by atoms with Gasteiger partial charge in [-0.25, -0.2) is 14.0 Å². The SMILES string of the molecule is O=C(Nc1ccc(Oc2ccccc2-c2cccc(COc3cccc(NC(=O)Nc4ccc(F)cc4)c3)c2)cc1)Nc1ccc(C(F)(F)F)cc1. The first-order valence-corrected chi connectivity index (χ1v) is 15.9. The molecule has 0 aliphatic carbocycles. The molecule has 0 heterocycles. The van der Waals surface area contributed by atoms with E-state index in [-0.39, 0.29) is 12.3 Å². The molecule has 262 valence electrons. The van der Waals surface area contributed by atoms with Crippen molar-refractivity contribution in [1.82, 2.24) is 0 Å². The molecule has 0 unspecified atom stereocenters. The van der Waals surface area contributed by atoms with Gasteiger partial charge in [0.25, 0.3) is 0 Å². The van der Waals surface area contributed by atoms with Gasteiger partial charge in [0.05, 0.1) is 5.56 Å². The fourth-order valence-corrected chi connectivity index (χ4v) is 5.05. The van der Waals surface area contributed by atoms with Gasteiger partial charge in [-0.15, -0.1) is 0 Å². The van der Waals surface area contributed by atoms with Crippen LogP contribution in [0.15, 0.2) is 146 Å². The van der Waals surface area contributed by atoms with Gasteiger partial charge in [0, 0.05) is 34.4 Å². The van der Waals surface area contributed by atoms with E-state index in [4.69, 9.17) is 9.47 Å². The molecule has 0 saturated carbocycles. The fraction of sp³-hybridized carbons (Fsp3) is 0.0500. The lowest BCUT2D eigenvalue weighted by atomic mass is 10.0. The first kappa shape index (κ1) is 35.0. The maximum Gasteiger partial charge on any atom is 0.416 e. The molecular formula is C40H30F4N4O4. The minimum Gasteiger partial charge on any atom is -0.489 e. The van der Waals surface area contributed by atoms with Crippen LogP contribution in [0.2, 0.25) is 0 Å². The molecule has 0 aliphatic rings. The molecule has 52 heavy (non-hydrogen) atoms. The number of anilines is 4. The Balaban J connectivity index is 1.04. The molecule has 0 bridgehead atoms. The van der Waals surface area contributed by atoms with Gasteiger partial charge in [-0.05, 0) is 108 Å². The van der Waals surface area contributed by atoms with Crippen LogP contribution >= 0.6 is 0 Å². The van der Waals surface area contributed by atoms with Gasteiger partial charge in [0.15, 0.2) is 0 Å². The molecule has 6 aromatic carbocycles. The molecule has 0 aliphatic heterocycles. The number of hydrogen-bond acceptors (Lipinski definition) is 4. The molecule has 4 N–H and O–H groups in total. The summed E-state index contributed by atoms with van der Waals surface area (Å²) in [5, 5.41) is 10.5. The molecule has 6 rings (SSSR count). The number of halogens is 4. The molecule has 0 fully saturated rings. The highest BCUT2D eigenvalue weighted by Crippen LogP contribution is 2.34. The van der Waals surface area contributed by atoms with E-state index in [1.54, 1.807) is 48.5 Å². The molecule has 12 heteroatoms. The molecule has 0 radical (unpaired) electrons. The summed E-state index contributed by atoms with van der Waals surface area (Å²) < 4.78 is 63.8. The molecule has 8 nitrogen and oxygen atoms in total. The number of nitrogens with one attached hydrogen (secondary N) is 4. The summed E-state index contributed by atoms with van der Waals surface area (Å²) in [5.74, 6) is 1.26. The number of rotatable bonds is 10. The van der Waals surface area contributed by atoms with E-state index in [0.29, 0.717) is 34.3 Å². The summed E-state index contributed by atoms with van der Waals surface area (Å²) >= 11 is 0. The van der Waals surface area contributed by atoms with Crippen molar-refractivity contribution < 1.29 is 36.6 Å². The Morgan fingerprint density at radius 3 is 1.79 bits per heavy atom. The number of hydrogen-bond donors (Lipinski definition) is 4. The van der Waals surface area contributed by atoms with Crippen molar-refractivity contribution in [3.63, 3.8) is 0 Å². The lowest BCUT2D eigenvalue weighted by Crippen LogP contribution is -2.19. The van der Waals surface area contributed by atoms with Crippen LogP contribution < -0.4 is 30.7 Å². The van der Waals surface area contributed by atoms with Gasteiger partial charge < -0.3 is 30.7 Å². The maximum atomic E-state index is 13.2. The third-order valence-electron chi connectivity index (χ3n) is 7.53. The van der Waals surface area contributed by atoms with Crippen LogP contribution in [0.4, 0.5) is 49.9 Å². The van der Waals surface area contributed by atoms with Crippen LogP contribution in [0.25, 0.3) is 11.1 Å². The van der Waals surface area contributed by atoms with Gasteiger partial charge in [-0.2, -0.15) is 13.2 Å². The Morgan fingerprint density at radius 1 is 0.558 bits per heavy atom. The van der Waals surface area contributed by atoms with Crippen molar-refractivity contribution in [2.75, 3.05) is 21.3 Å². The van der Waals surface area contributed by atoms with E-state index in [1.807, 2.05) is 48.5 Å². The predicted octanol–water partition coefficient (Wildman–Crippen LogP) is 11.2. The van der Waals surface area contributed by atoms with E-state index in [1.165, 1.54) is 36.4 Å². The van der Waals surface area contributed by atoms with Crippen molar-refractivity contribution in [2.24, 2.45) is 0 Å². The van der Waals surface area contributed by atoms with Gasteiger partial charge in [0.2, 0.25) is 0 Å². The second kappa shape index (κ2) is 15.8. The van der Waals surface area contributed by atoms with Crippen molar-refractivity contribution in [3.05, 3.63) is 163 Å². The number of benzene rings is 6.